The van der Waals surface area contributed by atoms with Gasteiger partial charge in [0.2, 0.25) is 0 Å². The fourth-order valence-corrected chi connectivity index (χ4v) is 2.44. The molecule has 88 valence electrons. The van der Waals surface area contributed by atoms with Gasteiger partial charge in [-0.25, -0.2) is 4.79 Å². The lowest BCUT2D eigenvalue weighted by molar-refractivity contribution is 0.0684. The number of aryl methyl sites for hydroxylation is 1. The highest BCUT2D eigenvalue weighted by Crippen LogP contribution is 2.20. The lowest BCUT2D eigenvalue weighted by Gasteiger charge is -2.09. The van der Waals surface area contributed by atoms with Crippen molar-refractivity contribution in [2.24, 2.45) is 5.92 Å². The van der Waals surface area contributed by atoms with Crippen LogP contribution in [0.3, 0.4) is 0 Å². The van der Waals surface area contributed by atoms with Crippen LogP contribution < -0.4 is 0 Å². The lowest BCUT2D eigenvalue weighted by atomic mass is 10.1. The Balaban J connectivity index is 1.99. The van der Waals surface area contributed by atoms with E-state index in [1.807, 2.05) is 6.20 Å². The highest BCUT2D eigenvalue weighted by atomic mass is 79.9. The summed E-state index contributed by atoms with van der Waals surface area (Å²) in [6.45, 7) is 2.39. The first kappa shape index (κ1) is 11.7. The van der Waals surface area contributed by atoms with E-state index < -0.39 is 5.97 Å². The lowest BCUT2D eigenvalue weighted by Crippen LogP contribution is -2.11. The SMILES string of the molecule is O=C(O)c1cc(Br)cn1CCC1CCOC1. The third kappa shape index (κ3) is 2.65. The molecule has 0 aromatic carbocycles. The maximum absolute atomic E-state index is 11.0. The summed E-state index contributed by atoms with van der Waals surface area (Å²) in [5, 5.41) is 9.00. The Morgan fingerprint density at radius 1 is 1.69 bits per heavy atom. The Bertz CT molecular complexity index is 383. The number of hydrogen-bond donors (Lipinski definition) is 1. The maximum Gasteiger partial charge on any atom is 0.352 e. The van der Waals surface area contributed by atoms with Crippen molar-refractivity contribution < 1.29 is 14.6 Å². The molecule has 5 heteroatoms. The molecule has 0 bridgehead atoms. The minimum Gasteiger partial charge on any atom is -0.477 e. The molecular formula is C11H14BrNO3. The molecule has 1 aromatic heterocycles. The molecule has 1 unspecified atom stereocenters. The van der Waals surface area contributed by atoms with E-state index in [2.05, 4.69) is 15.9 Å². The number of halogens is 1. The molecule has 2 rings (SSSR count). The van der Waals surface area contributed by atoms with Gasteiger partial charge in [-0.2, -0.15) is 0 Å². The molecule has 1 fully saturated rings. The van der Waals surface area contributed by atoms with E-state index in [0.717, 1.165) is 37.1 Å². The summed E-state index contributed by atoms with van der Waals surface area (Å²) in [6, 6.07) is 1.63. The third-order valence-electron chi connectivity index (χ3n) is 2.88. The van der Waals surface area contributed by atoms with Crippen LogP contribution in [0.25, 0.3) is 0 Å². The highest BCUT2D eigenvalue weighted by molar-refractivity contribution is 9.10. The summed E-state index contributed by atoms with van der Waals surface area (Å²) in [7, 11) is 0. The molecular weight excluding hydrogens is 274 g/mol. The molecule has 0 radical (unpaired) electrons. The van der Waals surface area contributed by atoms with Crippen LogP contribution >= 0.6 is 15.9 Å². The van der Waals surface area contributed by atoms with Crippen molar-refractivity contribution in [1.29, 1.82) is 0 Å². The van der Waals surface area contributed by atoms with Crippen molar-refractivity contribution in [3.05, 3.63) is 22.4 Å². The normalized spacial score (nSPS) is 20.2. The minimum atomic E-state index is -0.881. The van der Waals surface area contributed by atoms with E-state index in [1.54, 1.807) is 10.6 Å². The fourth-order valence-electron chi connectivity index (χ4n) is 1.97. The summed E-state index contributed by atoms with van der Waals surface area (Å²) in [4.78, 5) is 11.0. The molecule has 1 aliphatic rings. The number of carboxylic acids is 1. The molecule has 1 atom stereocenters. The number of hydrogen-bond acceptors (Lipinski definition) is 2. The standard InChI is InChI=1S/C11H14BrNO3/c12-9-5-10(11(14)15)13(6-9)3-1-8-2-4-16-7-8/h5-6,8H,1-4,7H2,(H,14,15). The van der Waals surface area contributed by atoms with Gasteiger partial charge in [0.25, 0.3) is 0 Å². The monoisotopic (exact) mass is 287 g/mol. The number of nitrogens with zero attached hydrogens (tertiary/aromatic N) is 1. The van der Waals surface area contributed by atoms with Crippen molar-refractivity contribution >= 4 is 21.9 Å². The first-order valence-corrected chi connectivity index (χ1v) is 6.13. The van der Waals surface area contributed by atoms with Crippen LogP contribution in [0.15, 0.2) is 16.7 Å². The number of carboxylic acid groups (broad SMARTS) is 1. The molecule has 0 amide bonds. The largest absolute Gasteiger partial charge is 0.477 e. The molecule has 2 heterocycles. The zero-order valence-corrected chi connectivity index (χ0v) is 10.4. The van der Waals surface area contributed by atoms with E-state index in [0.29, 0.717) is 11.6 Å². The third-order valence-corrected chi connectivity index (χ3v) is 3.32. The van der Waals surface area contributed by atoms with Gasteiger partial charge in [-0.1, -0.05) is 0 Å². The van der Waals surface area contributed by atoms with E-state index in [4.69, 9.17) is 9.84 Å². The van der Waals surface area contributed by atoms with Crippen molar-refractivity contribution in [3.8, 4) is 0 Å². The van der Waals surface area contributed by atoms with Gasteiger partial charge >= 0.3 is 5.97 Å². The van der Waals surface area contributed by atoms with Gasteiger partial charge in [0.15, 0.2) is 0 Å². The predicted molar refractivity (Wildman–Crippen MR) is 62.6 cm³/mol. The van der Waals surface area contributed by atoms with Crippen LogP contribution in [0, 0.1) is 5.92 Å². The molecule has 0 aliphatic carbocycles. The van der Waals surface area contributed by atoms with Gasteiger partial charge < -0.3 is 14.4 Å². The molecule has 0 saturated carbocycles. The van der Waals surface area contributed by atoms with Crippen LogP contribution in [-0.2, 0) is 11.3 Å². The second kappa shape index (κ2) is 5.01. The summed E-state index contributed by atoms with van der Waals surface area (Å²) in [5.41, 5.74) is 0.339. The molecule has 16 heavy (non-hydrogen) atoms. The number of aromatic carboxylic acids is 1. The van der Waals surface area contributed by atoms with Gasteiger partial charge in [0.1, 0.15) is 5.69 Å². The Hall–Kier alpha value is -0.810. The fraction of sp³-hybridized carbons (Fsp3) is 0.545. The van der Waals surface area contributed by atoms with Gasteiger partial charge in [-0.3, -0.25) is 0 Å². The van der Waals surface area contributed by atoms with Crippen LogP contribution in [0.2, 0.25) is 0 Å². The van der Waals surface area contributed by atoms with Crippen molar-refractivity contribution in [2.75, 3.05) is 13.2 Å². The van der Waals surface area contributed by atoms with E-state index in [1.165, 1.54) is 0 Å². The Morgan fingerprint density at radius 2 is 2.50 bits per heavy atom. The Morgan fingerprint density at radius 3 is 3.12 bits per heavy atom. The zero-order valence-electron chi connectivity index (χ0n) is 8.86. The second-order valence-electron chi connectivity index (χ2n) is 4.06. The molecule has 1 aromatic rings. The smallest absolute Gasteiger partial charge is 0.352 e. The van der Waals surface area contributed by atoms with Crippen LogP contribution in [0.5, 0.6) is 0 Å². The molecule has 4 nitrogen and oxygen atoms in total. The van der Waals surface area contributed by atoms with Crippen molar-refractivity contribution in [3.63, 3.8) is 0 Å². The molecule has 1 N–H and O–H groups in total. The van der Waals surface area contributed by atoms with Gasteiger partial charge in [-0.05, 0) is 40.8 Å². The number of carbonyl (C=O) groups is 1. The number of aromatic nitrogens is 1. The summed E-state index contributed by atoms with van der Waals surface area (Å²) in [5.74, 6) is -0.309. The number of ether oxygens (including phenoxy) is 1. The molecule has 0 spiro atoms. The van der Waals surface area contributed by atoms with Crippen molar-refractivity contribution in [1.82, 2.24) is 4.57 Å². The summed E-state index contributed by atoms with van der Waals surface area (Å²) in [6.07, 6.45) is 3.88. The topological polar surface area (TPSA) is 51.5 Å². The first-order chi connectivity index (χ1) is 7.66. The van der Waals surface area contributed by atoms with E-state index in [-0.39, 0.29) is 0 Å². The predicted octanol–water partition coefficient (Wildman–Crippen LogP) is 2.38. The van der Waals surface area contributed by atoms with Gasteiger partial charge in [0, 0.05) is 30.4 Å². The zero-order chi connectivity index (χ0) is 11.5. The average Bonchev–Trinajstić information content (AvgIpc) is 2.83. The van der Waals surface area contributed by atoms with Crippen LogP contribution in [0.4, 0.5) is 0 Å². The summed E-state index contributed by atoms with van der Waals surface area (Å²) < 4.78 is 7.89. The average molecular weight is 288 g/mol. The van der Waals surface area contributed by atoms with Crippen LogP contribution in [-0.4, -0.2) is 28.9 Å². The minimum absolute atomic E-state index is 0.339. The quantitative estimate of drug-likeness (QED) is 0.925. The molecule has 1 aliphatic heterocycles. The summed E-state index contributed by atoms with van der Waals surface area (Å²) >= 11 is 3.30. The highest BCUT2D eigenvalue weighted by Gasteiger charge is 2.17. The Labute approximate surface area is 102 Å². The van der Waals surface area contributed by atoms with Gasteiger partial charge in [0.05, 0.1) is 0 Å². The van der Waals surface area contributed by atoms with Crippen molar-refractivity contribution in [2.45, 2.75) is 19.4 Å². The first-order valence-electron chi connectivity index (χ1n) is 5.33. The molecule has 1 saturated heterocycles. The Kier molecular flexibility index (Phi) is 3.66. The van der Waals surface area contributed by atoms with E-state index in [9.17, 15) is 4.79 Å². The second-order valence-corrected chi connectivity index (χ2v) is 4.98. The van der Waals surface area contributed by atoms with Crippen LogP contribution in [0.1, 0.15) is 23.3 Å². The van der Waals surface area contributed by atoms with E-state index >= 15 is 0 Å². The van der Waals surface area contributed by atoms with Gasteiger partial charge in [-0.15, -0.1) is 0 Å². The maximum atomic E-state index is 11.0. The number of rotatable bonds is 4.